The Bertz CT molecular complexity index is 546. The zero-order chi connectivity index (χ0) is 21.6. The molecule has 2 aliphatic heterocycles. The van der Waals surface area contributed by atoms with E-state index in [0.29, 0.717) is 18.1 Å². The Morgan fingerprint density at radius 1 is 0.900 bits per heavy atom. The lowest BCUT2D eigenvalue weighted by molar-refractivity contribution is -0.137. The van der Waals surface area contributed by atoms with Crippen molar-refractivity contribution in [3.05, 3.63) is 0 Å². The number of carboxylic acid groups (broad SMARTS) is 1. The maximum absolute atomic E-state index is 11.9. The van der Waals surface area contributed by atoms with Crippen LogP contribution in [0.2, 0.25) is 0 Å². The molecule has 0 radical (unpaired) electrons. The summed E-state index contributed by atoms with van der Waals surface area (Å²) in [5, 5.41) is 18.1. The van der Waals surface area contributed by atoms with E-state index in [1.807, 2.05) is 11.8 Å². The van der Waals surface area contributed by atoms with Crippen LogP contribution in [0.5, 0.6) is 0 Å². The van der Waals surface area contributed by atoms with E-state index in [9.17, 15) is 14.4 Å². The fraction of sp³-hybridized carbons (Fsp3) is 0.864. The number of amides is 3. The van der Waals surface area contributed by atoms with Crippen LogP contribution in [0, 0.1) is 0 Å². The molecule has 0 aromatic heterocycles. The van der Waals surface area contributed by atoms with Crippen molar-refractivity contribution in [2.24, 2.45) is 0 Å². The first-order chi connectivity index (χ1) is 14.6. The van der Waals surface area contributed by atoms with Gasteiger partial charge in [-0.1, -0.05) is 51.4 Å². The predicted octanol–water partition coefficient (Wildman–Crippen LogP) is 3.81. The van der Waals surface area contributed by atoms with Crippen LogP contribution in [0.4, 0.5) is 4.79 Å². The number of carbonyl (C=O) groups excluding carboxylic acids is 2. The van der Waals surface area contributed by atoms with Gasteiger partial charge < -0.3 is 21.1 Å². The summed E-state index contributed by atoms with van der Waals surface area (Å²) in [7, 11) is 0. The standard InChI is InChI=1S/C22H39N3O4S/c26-19(13-10-9-12-18-21-17(16-30-18)24-22(29)25-21)23-15-11-7-5-3-1-2-4-6-8-14-20(27)28/h17-18,21H,1-16H2,(H,23,26)(H,27,28)(H2,24,25,29). The number of nitrogens with one attached hydrogen (secondary N) is 3. The van der Waals surface area contributed by atoms with Gasteiger partial charge in [-0.05, 0) is 25.7 Å². The van der Waals surface area contributed by atoms with E-state index in [2.05, 4.69) is 16.0 Å². The molecule has 2 fully saturated rings. The molecule has 0 saturated carbocycles. The van der Waals surface area contributed by atoms with E-state index in [1.165, 1.54) is 25.7 Å². The predicted molar refractivity (Wildman–Crippen MR) is 121 cm³/mol. The van der Waals surface area contributed by atoms with Crippen LogP contribution < -0.4 is 16.0 Å². The summed E-state index contributed by atoms with van der Waals surface area (Å²) in [6.45, 7) is 0.772. The molecule has 0 aromatic carbocycles. The van der Waals surface area contributed by atoms with E-state index in [0.717, 1.165) is 63.7 Å². The van der Waals surface area contributed by atoms with Crippen molar-refractivity contribution in [2.75, 3.05) is 12.3 Å². The average molecular weight is 442 g/mol. The van der Waals surface area contributed by atoms with E-state index in [1.54, 1.807) is 0 Å². The fourth-order valence-electron chi connectivity index (χ4n) is 4.23. The minimum atomic E-state index is -0.693. The van der Waals surface area contributed by atoms with E-state index in [4.69, 9.17) is 5.11 Å². The van der Waals surface area contributed by atoms with Gasteiger partial charge in [-0.25, -0.2) is 4.79 Å². The first-order valence-corrected chi connectivity index (χ1v) is 12.8. The van der Waals surface area contributed by atoms with Crippen LogP contribution in [0.1, 0.15) is 89.9 Å². The maximum Gasteiger partial charge on any atom is 0.315 e. The summed E-state index contributed by atoms with van der Waals surface area (Å²) >= 11 is 1.93. The maximum atomic E-state index is 11.9. The third-order valence-electron chi connectivity index (χ3n) is 5.97. The van der Waals surface area contributed by atoms with Gasteiger partial charge in [-0.15, -0.1) is 0 Å². The van der Waals surface area contributed by atoms with Gasteiger partial charge in [0.1, 0.15) is 0 Å². The Morgan fingerprint density at radius 3 is 2.23 bits per heavy atom. The smallest absolute Gasteiger partial charge is 0.315 e. The molecule has 0 bridgehead atoms. The molecule has 3 unspecified atom stereocenters. The van der Waals surface area contributed by atoms with Crippen LogP contribution >= 0.6 is 11.8 Å². The molecule has 2 rings (SSSR count). The minimum Gasteiger partial charge on any atom is -0.481 e. The number of thioether (sulfide) groups is 1. The summed E-state index contributed by atoms with van der Waals surface area (Å²) in [6, 6.07) is 0.496. The van der Waals surface area contributed by atoms with E-state index >= 15 is 0 Å². The van der Waals surface area contributed by atoms with Gasteiger partial charge in [0.05, 0.1) is 12.1 Å². The Kier molecular flexibility index (Phi) is 12.0. The van der Waals surface area contributed by atoms with Crippen molar-refractivity contribution in [3.8, 4) is 0 Å². The number of aliphatic carboxylic acids is 1. The number of hydrogen-bond donors (Lipinski definition) is 4. The Hall–Kier alpha value is -1.44. The third-order valence-corrected chi connectivity index (χ3v) is 7.48. The van der Waals surface area contributed by atoms with Gasteiger partial charge in [0.15, 0.2) is 0 Å². The normalized spacial score (nSPS) is 22.4. The second kappa shape index (κ2) is 14.5. The fourth-order valence-corrected chi connectivity index (χ4v) is 5.77. The van der Waals surface area contributed by atoms with Crippen molar-refractivity contribution in [3.63, 3.8) is 0 Å². The van der Waals surface area contributed by atoms with Gasteiger partial charge >= 0.3 is 12.0 Å². The number of rotatable bonds is 17. The molecule has 2 heterocycles. The first kappa shape index (κ1) is 24.8. The molecule has 2 saturated heterocycles. The van der Waals surface area contributed by atoms with Crippen LogP contribution in [0.25, 0.3) is 0 Å². The number of carbonyl (C=O) groups is 3. The van der Waals surface area contributed by atoms with Crippen LogP contribution in [-0.2, 0) is 9.59 Å². The van der Waals surface area contributed by atoms with Crippen LogP contribution in [0.15, 0.2) is 0 Å². The summed E-state index contributed by atoms with van der Waals surface area (Å²) in [5.41, 5.74) is 0. The highest BCUT2D eigenvalue weighted by Gasteiger charge is 2.42. The topological polar surface area (TPSA) is 108 Å². The SMILES string of the molecule is O=C(O)CCCCCCCCCCCNC(=O)CCCCC1SCC2NC(=O)NC21. The van der Waals surface area contributed by atoms with Gasteiger partial charge in [-0.3, -0.25) is 9.59 Å². The highest BCUT2D eigenvalue weighted by atomic mass is 32.2. The van der Waals surface area contributed by atoms with Gasteiger partial charge in [-0.2, -0.15) is 11.8 Å². The number of fused-ring (bicyclic) bond motifs is 1. The highest BCUT2D eigenvalue weighted by molar-refractivity contribution is 8.00. The molecule has 30 heavy (non-hydrogen) atoms. The molecular weight excluding hydrogens is 402 g/mol. The van der Waals surface area contributed by atoms with E-state index < -0.39 is 5.97 Å². The highest BCUT2D eigenvalue weighted by Crippen LogP contribution is 2.33. The lowest BCUT2D eigenvalue weighted by atomic mass is 10.0. The molecule has 3 amide bonds. The summed E-state index contributed by atoms with van der Waals surface area (Å²) in [5.74, 6) is 0.451. The van der Waals surface area contributed by atoms with Gasteiger partial charge in [0, 0.05) is 30.4 Å². The molecule has 4 N–H and O–H groups in total. The number of carboxylic acids is 1. The Labute approximate surface area is 184 Å². The Morgan fingerprint density at radius 2 is 1.53 bits per heavy atom. The quantitative estimate of drug-likeness (QED) is 0.203. The van der Waals surface area contributed by atoms with Crippen molar-refractivity contribution < 1.29 is 19.5 Å². The largest absolute Gasteiger partial charge is 0.481 e. The van der Waals surface area contributed by atoms with Crippen molar-refractivity contribution >= 4 is 29.7 Å². The third kappa shape index (κ3) is 10.0. The van der Waals surface area contributed by atoms with Crippen LogP contribution in [-0.4, -0.2) is 52.6 Å². The molecule has 3 atom stereocenters. The molecule has 0 spiro atoms. The van der Waals surface area contributed by atoms with Crippen LogP contribution in [0.3, 0.4) is 0 Å². The Balaban J connectivity index is 1.32. The lowest BCUT2D eigenvalue weighted by Crippen LogP contribution is -2.36. The zero-order valence-electron chi connectivity index (χ0n) is 18.1. The number of hydrogen-bond acceptors (Lipinski definition) is 4. The lowest BCUT2D eigenvalue weighted by Gasteiger charge is -2.16. The molecular formula is C22H39N3O4S. The molecule has 7 nitrogen and oxygen atoms in total. The monoisotopic (exact) mass is 441 g/mol. The molecule has 0 aromatic rings. The first-order valence-electron chi connectivity index (χ1n) is 11.7. The summed E-state index contributed by atoms with van der Waals surface area (Å²) < 4.78 is 0. The summed E-state index contributed by atoms with van der Waals surface area (Å²) in [6.07, 6.45) is 13.9. The molecule has 172 valence electrons. The van der Waals surface area contributed by atoms with Crippen molar-refractivity contribution in [2.45, 2.75) is 107 Å². The van der Waals surface area contributed by atoms with E-state index in [-0.39, 0.29) is 24.0 Å². The molecule has 0 aliphatic carbocycles. The number of unbranched alkanes of at least 4 members (excludes halogenated alkanes) is 9. The second-order valence-corrected chi connectivity index (χ2v) is 9.82. The molecule has 2 aliphatic rings. The average Bonchev–Trinajstić information content (AvgIpc) is 3.25. The second-order valence-electron chi connectivity index (χ2n) is 8.54. The number of urea groups is 1. The van der Waals surface area contributed by atoms with Crippen molar-refractivity contribution in [1.29, 1.82) is 0 Å². The van der Waals surface area contributed by atoms with Crippen molar-refractivity contribution in [1.82, 2.24) is 16.0 Å². The summed E-state index contributed by atoms with van der Waals surface area (Å²) in [4.78, 5) is 33.8. The minimum absolute atomic E-state index is 0.0392. The van der Waals surface area contributed by atoms with Gasteiger partial charge in [0.25, 0.3) is 0 Å². The van der Waals surface area contributed by atoms with Gasteiger partial charge in [0.2, 0.25) is 5.91 Å². The molecule has 8 heteroatoms. The zero-order valence-corrected chi connectivity index (χ0v) is 18.9.